The van der Waals surface area contributed by atoms with Gasteiger partial charge in [-0.1, -0.05) is 19.8 Å². The number of furan rings is 1. The molecule has 1 atom stereocenters. The number of primary amides is 1. The van der Waals surface area contributed by atoms with E-state index in [4.69, 9.17) is 15.9 Å². The minimum absolute atomic E-state index is 0.0698. The number of nitrogens with two attached hydrogens (primary N) is 2. The molecule has 0 spiro atoms. The maximum absolute atomic E-state index is 13.4. The normalized spacial score (nSPS) is 12.4. The number of anilines is 1. The lowest BCUT2D eigenvalue weighted by Gasteiger charge is -2.32. The highest BCUT2D eigenvalue weighted by Gasteiger charge is 2.35. The summed E-state index contributed by atoms with van der Waals surface area (Å²) >= 11 is 0.790. The highest BCUT2D eigenvalue weighted by Crippen LogP contribution is 2.26. The maximum Gasteiger partial charge on any atom is 0.270 e. The van der Waals surface area contributed by atoms with E-state index < -0.39 is 23.4 Å². The van der Waals surface area contributed by atoms with Gasteiger partial charge in [0.1, 0.15) is 16.7 Å². The topological polar surface area (TPSA) is 145 Å². The Balaban J connectivity index is 2.46. The molecule has 0 aliphatic heterocycles. The Morgan fingerprint density at radius 1 is 1.33 bits per heavy atom. The number of nitrogens with one attached hydrogen (secondary N) is 1. The summed E-state index contributed by atoms with van der Waals surface area (Å²) in [5.74, 6) is -1.06. The van der Waals surface area contributed by atoms with Gasteiger partial charge in [0, 0.05) is 5.54 Å². The zero-order valence-electron chi connectivity index (χ0n) is 17.7. The van der Waals surface area contributed by atoms with E-state index in [0.717, 1.165) is 24.4 Å². The summed E-state index contributed by atoms with van der Waals surface area (Å²) in [6, 6.07) is 2.69. The molecule has 9 nitrogen and oxygen atoms in total. The summed E-state index contributed by atoms with van der Waals surface area (Å²) in [5.41, 5.74) is 10.6. The van der Waals surface area contributed by atoms with Gasteiger partial charge < -0.3 is 26.1 Å². The van der Waals surface area contributed by atoms with E-state index in [1.165, 1.54) is 11.2 Å². The Labute approximate surface area is 180 Å². The number of rotatable bonds is 9. The molecule has 2 heterocycles. The van der Waals surface area contributed by atoms with Gasteiger partial charge in [0.2, 0.25) is 5.91 Å². The predicted molar refractivity (Wildman–Crippen MR) is 115 cm³/mol. The van der Waals surface area contributed by atoms with Gasteiger partial charge in [-0.15, -0.1) is 0 Å². The average Bonchev–Trinajstić information content (AvgIpc) is 3.28. The monoisotopic (exact) mass is 435 g/mol. The van der Waals surface area contributed by atoms with Crippen molar-refractivity contribution in [2.45, 2.75) is 65.1 Å². The molecule has 0 saturated heterocycles. The van der Waals surface area contributed by atoms with Gasteiger partial charge >= 0.3 is 0 Å². The van der Waals surface area contributed by atoms with Crippen molar-refractivity contribution in [3.8, 4) is 0 Å². The lowest BCUT2D eigenvalue weighted by molar-refractivity contribution is -0.127. The van der Waals surface area contributed by atoms with Gasteiger partial charge in [-0.05, 0) is 50.9 Å². The molecule has 2 rings (SSSR count). The lowest BCUT2D eigenvalue weighted by atomic mass is 10.0. The van der Waals surface area contributed by atoms with Crippen molar-refractivity contribution in [3.63, 3.8) is 0 Å². The van der Waals surface area contributed by atoms with Crippen LogP contribution in [0.15, 0.2) is 22.8 Å². The van der Waals surface area contributed by atoms with Gasteiger partial charge in [-0.3, -0.25) is 14.4 Å². The fraction of sp³-hybridized carbons (Fsp3) is 0.500. The molecule has 3 amide bonds. The first-order chi connectivity index (χ1) is 14.0. The molecule has 10 heteroatoms. The molecule has 2 aromatic rings. The minimum Gasteiger partial charge on any atom is -0.467 e. The Kier molecular flexibility index (Phi) is 7.60. The highest BCUT2D eigenvalue weighted by molar-refractivity contribution is 7.09. The first kappa shape index (κ1) is 23.4. The molecule has 0 unspecified atom stereocenters. The minimum atomic E-state index is -0.812. The number of hydrogen-bond acceptors (Lipinski definition) is 7. The van der Waals surface area contributed by atoms with Crippen LogP contribution in [0.4, 0.5) is 5.69 Å². The summed E-state index contributed by atoms with van der Waals surface area (Å²) in [7, 11) is 0. The molecule has 30 heavy (non-hydrogen) atoms. The van der Waals surface area contributed by atoms with E-state index in [-0.39, 0.29) is 28.7 Å². The third-order valence-electron chi connectivity index (χ3n) is 4.33. The second kappa shape index (κ2) is 9.75. The van der Waals surface area contributed by atoms with Crippen LogP contribution in [0, 0.1) is 0 Å². The van der Waals surface area contributed by atoms with Crippen LogP contribution in [0.5, 0.6) is 0 Å². The van der Waals surface area contributed by atoms with Gasteiger partial charge in [-0.2, -0.15) is 4.37 Å². The third-order valence-corrected chi connectivity index (χ3v) is 5.18. The Morgan fingerprint density at radius 3 is 2.53 bits per heavy atom. The molecular weight excluding hydrogens is 406 g/mol. The van der Waals surface area contributed by atoms with Crippen LogP contribution in [-0.2, 0) is 11.3 Å². The molecule has 0 aliphatic carbocycles. The van der Waals surface area contributed by atoms with E-state index in [1.807, 2.05) is 27.7 Å². The standard InChI is InChI=1S/C20H29N5O4S/c1-5-6-9-13(18(27)23-20(2,3)4)25(11-12-8-7-10-29-12)19(28)16-14(21)15(17(22)26)24-30-16/h7-8,10,13H,5-6,9,11,21H2,1-4H3,(H2,22,26)(H,23,27)/t13-/m0/s1. The summed E-state index contributed by atoms with van der Waals surface area (Å²) in [5, 5.41) is 2.95. The van der Waals surface area contributed by atoms with Crippen LogP contribution in [0.2, 0.25) is 0 Å². The van der Waals surface area contributed by atoms with Crippen molar-refractivity contribution >= 4 is 34.9 Å². The van der Waals surface area contributed by atoms with Crippen LogP contribution in [0.1, 0.15) is 72.9 Å². The molecule has 0 saturated carbocycles. The number of amides is 3. The zero-order valence-corrected chi connectivity index (χ0v) is 18.5. The fourth-order valence-electron chi connectivity index (χ4n) is 2.93. The van der Waals surface area contributed by atoms with E-state index in [2.05, 4.69) is 9.69 Å². The summed E-state index contributed by atoms with van der Waals surface area (Å²) in [6.45, 7) is 7.71. The second-order valence-corrected chi connectivity index (χ2v) is 8.82. The Hall–Kier alpha value is -2.88. The Bertz CT molecular complexity index is 886. The van der Waals surface area contributed by atoms with Crippen LogP contribution in [-0.4, -0.2) is 38.6 Å². The van der Waals surface area contributed by atoms with E-state index >= 15 is 0 Å². The SMILES string of the molecule is CCCC[C@@H](C(=O)NC(C)(C)C)N(Cc1ccco1)C(=O)c1snc(C(N)=O)c1N. The second-order valence-electron chi connectivity index (χ2n) is 8.05. The Morgan fingerprint density at radius 2 is 2.03 bits per heavy atom. The number of hydrogen-bond donors (Lipinski definition) is 3. The average molecular weight is 436 g/mol. The fourth-order valence-corrected chi connectivity index (χ4v) is 3.69. The molecule has 2 aromatic heterocycles. The third kappa shape index (κ3) is 5.82. The van der Waals surface area contributed by atoms with Gasteiger partial charge in [0.15, 0.2) is 5.69 Å². The number of nitrogen functional groups attached to an aromatic ring is 1. The van der Waals surface area contributed by atoms with Crippen LogP contribution < -0.4 is 16.8 Å². The van der Waals surface area contributed by atoms with Crippen molar-refractivity contribution in [1.82, 2.24) is 14.6 Å². The van der Waals surface area contributed by atoms with Crippen molar-refractivity contribution < 1.29 is 18.8 Å². The first-order valence-corrected chi connectivity index (χ1v) is 10.5. The molecule has 0 bridgehead atoms. The molecule has 0 fully saturated rings. The quantitative estimate of drug-likeness (QED) is 0.552. The zero-order chi connectivity index (χ0) is 22.5. The molecule has 0 radical (unpaired) electrons. The molecular formula is C20H29N5O4S. The van der Waals surface area contributed by atoms with Crippen molar-refractivity contribution in [2.75, 3.05) is 5.73 Å². The highest BCUT2D eigenvalue weighted by atomic mass is 32.1. The molecule has 164 valence electrons. The predicted octanol–water partition coefficient (Wildman–Crippen LogP) is 2.53. The number of carbonyl (C=O) groups is 3. The van der Waals surface area contributed by atoms with Gasteiger partial charge in [-0.25, -0.2) is 0 Å². The van der Waals surface area contributed by atoms with Crippen LogP contribution >= 0.6 is 11.5 Å². The van der Waals surface area contributed by atoms with Crippen LogP contribution in [0.25, 0.3) is 0 Å². The summed E-state index contributed by atoms with van der Waals surface area (Å²) in [6.07, 6.45) is 3.57. The first-order valence-electron chi connectivity index (χ1n) is 9.75. The number of unbranched alkanes of at least 4 members (excludes halogenated alkanes) is 1. The lowest BCUT2D eigenvalue weighted by Crippen LogP contribution is -2.53. The van der Waals surface area contributed by atoms with E-state index in [9.17, 15) is 14.4 Å². The maximum atomic E-state index is 13.4. The number of carbonyl (C=O) groups excluding carboxylic acids is 3. The largest absolute Gasteiger partial charge is 0.467 e. The summed E-state index contributed by atoms with van der Waals surface area (Å²) < 4.78 is 9.33. The smallest absolute Gasteiger partial charge is 0.270 e. The van der Waals surface area contributed by atoms with Crippen molar-refractivity contribution in [1.29, 1.82) is 0 Å². The molecule has 0 aliphatic rings. The number of nitrogens with zero attached hydrogens (tertiary/aromatic N) is 2. The van der Waals surface area contributed by atoms with Crippen molar-refractivity contribution in [2.24, 2.45) is 5.73 Å². The molecule has 5 N–H and O–H groups in total. The summed E-state index contributed by atoms with van der Waals surface area (Å²) in [4.78, 5) is 39.6. The van der Waals surface area contributed by atoms with E-state index in [1.54, 1.807) is 12.1 Å². The molecule has 0 aromatic carbocycles. The van der Waals surface area contributed by atoms with E-state index in [0.29, 0.717) is 12.2 Å². The van der Waals surface area contributed by atoms with Gasteiger partial charge in [0.25, 0.3) is 11.8 Å². The van der Waals surface area contributed by atoms with Gasteiger partial charge in [0.05, 0.1) is 18.5 Å². The van der Waals surface area contributed by atoms with Crippen LogP contribution in [0.3, 0.4) is 0 Å². The number of aromatic nitrogens is 1. The van der Waals surface area contributed by atoms with Crippen molar-refractivity contribution in [3.05, 3.63) is 34.7 Å².